The molecule has 1 aliphatic rings. The average molecular weight is 331 g/mol. The first-order valence-corrected chi connectivity index (χ1v) is 8.21. The summed E-state index contributed by atoms with van der Waals surface area (Å²) in [6.07, 6.45) is 1.16. The van der Waals surface area contributed by atoms with E-state index >= 15 is 0 Å². The van der Waals surface area contributed by atoms with E-state index in [1.807, 2.05) is 18.4 Å². The van der Waals surface area contributed by atoms with Crippen LogP contribution < -0.4 is 15.4 Å². The molecule has 0 atom stereocenters. The standard InChI is InChI=1S/C16H17N3O3S/c1-10-9-23-16(18-10)7-17-15(21)8-22-12-3-4-13-11(6-12)2-5-14(20)19-13/h3-4,6,9H,2,5,7-8H2,1H3,(H,17,21)(H,19,20). The Morgan fingerprint density at radius 1 is 1.43 bits per heavy atom. The summed E-state index contributed by atoms with van der Waals surface area (Å²) in [5.74, 6) is 0.465. The van der Waals surface area contributed by atoms with E-state index in [1.165, 1.54) is 11.3 Å². The number of nitrogens with zero attached hydrogens (tertiary/aromatic N) is 1. The number of hydrogen-bond donors (Lipinski definition) is 2. The number of nitrogens with one attached hydrogen (secondary N) is 2. The van der Waals surface area contributed by atoms with E-state index in [0.717, 1.165) is 22.0 Å². The predicted octanol–water partition coefficient (Wildman–Crippen LogP) is 2.03. The Hall–Kier alpha value is -2.41. The van der Waals surface area contributed by atoms with Gasteiger partial charge in [-0.1, -0.05) is 0 Å². The Kier molecular flexibility index (Phi) is 4.57. The topological polar surface area (TPSA) is 80.3 Å². The van der Waals surface area contributed by atoms with Gasteiger partial charge in [0.05, 0.1) is 6.54 Å². The van der Waals surface area contributed by atoms with Crippen LogP contribution >= 0.6 is 11.3 Å². The maximum absolute atomic E-state index is 11.8. The summed E-state index contributed by atoms with van der Waals surface area (Å²) < 4.78 is 5.51. The molecule has 2 N–H and O–H groups in total. The zero-order valence-electron chi connectivity index (χ0n) is 12.7. The molecule has 1 aliphatic heterocycles. The van der Waals surface area contributed by atoms with Gasteiger partial charge < -0.3 is 15.4 Å². The van der Waals surface area contributed by atoms with E-state index in [0.29, 0.717) is 25.1 Å². The van der Waals surface area contributed by atoms with Crippen molar-refractivity contribution in [3.05, 3.63) is 39.8 Å². The minimum Gasteiger partial charge on any atom is -0.484 e. The Morgan fingerprint density at radius 3 is 3.09 bits per heavy atom. The number of amides is 2. The molecule has 0 saturated carbocycles. The minimum absolute atomic E-state index is 0.0305. The zero-order chi connectivity index (χ0) is 16.2. The normalized spacial score (nSPS) is 13.2. The van der Waals surface area contributed by atoms with E-state index in [4.69, 9.17) is 4.74 Å². The van der Waals surface area contributed by atoms with Crippen LogP contribution in [0.25, 0.3) is 0 Å². The summed E-state index contributed by atoms with van der Waals surface area (Å²) in [4.78, 5) is 27.4. The molecule has 120 valence electrons. The van der Waals surface area contributed by atoms with Gasteiger partial charge in [-0.15, -0.1) is 11.3 Å². The highest BCUT2D eigenvalue weighted by Gasteiger charge is 2.15. The smallest absolute Gasteiger partial charge is 0.258 e. The number of carbonyl (C=O) groups excluding carboxylic acids is 2. The maximum atomic E-state index is 11.8. The molecule has 2 amide bonds. The number of anilines is 1. The Labute approximate surface area is 137 Å². The number of aryl methyl sites for hydroxylation is 2. The molecule has 2 aromatic rings. The highest BCUT2D eigenvalue weighted by Crippen LogP contribution is 2.26. The number of ether oxygens (including phenoxy) is 1. The van der Waals surface area contributed by atoms with Gasteiger partial charge in [-0.25, -0.2) is 4.98 Å². The van der Waals surface area contributed by atoms with Gasteiger partial charge >= 0.3 is 0 Å². The first-order chi connectivity index (χ1) is 11.1. The molecule has 0 spiro atoms. The highest BCUT2D eigenvalue weighted by atomic mass is 32.1. The second-order valence-electron chi connectivity index (χ2n) is 5.32. The molecule has 0 radical (unpaired) electrons. The van der Waals surface area contributed by atoms with Crippen LogP contribution in [0.15, 0.2) is 23.6 Å². The Morgan fingerprint density at radius 2 is 2.30 bits per heavy atom. The fraction of sp³-hybridized carbons (Fsp3) is 0.312. The molecule has 23 heavy (non-hydrogen) atoms. The van der Waals surface area contributed by atoms with Crippen LogP contribution in [0.1, 0.15) is 22.7 Å². The SMILES string of the molecule is Cc1csc(CNC(=O)COc2ccc3c(c2)CCC(=O)N3)n1. The first kappa shape index (κ1) is 15.5. The number of benzene rings is 1. The van der Waals surface area contributed by atoms with E-state index in [2.05, 4.69) is 15.6 Å². The average Bonchev–Trinajstić information content (AvgIpc) is 2.96. The molecule has 0 fully saturated rings. The van der Waals surface area contributed by atoms with Gasteiger partial charge in [0.1, 0.15) is 10.8 Å². The van der Waals surface area contributed by atoms with Gasteiger partial charge in [0.25, 0.3) is 5.91 Å². The van der Waals surface area contributed by atoms with Crippen LogP contribution in [0.5, 0.6) is 5.75 Å². The summed E-state index contributed by atoms with van der Waals surface area (Å²) in [5, 5.41) is 8.41. The maximum Gasteiger partial charge on any atom is 0.258 e. The monoisotopic (exact) mass is 331 g/mol. The largest absolute Gasteiger partial charge is 0.484 e. The van der Waals surface area contributed by atoms with Crippen molar-refractivity contribution in [2.24, 2.45) is 0 Å². The Bertz CT molecular complexity index is 742. The number of fused-ring (bicyclic) bond motifs is 1. The van der Waals surface area contributed by atoms with Gasteiger partial charge in [0.2, 0.25) is 5.91 Å². The molecule has 3 rings (SSSR count). The molecular formula is C16H17N3O3S. The van der Waals surface area contributed by atoms with Crippen molar-refractivity contribution >= 4 is 28.8 Å². The molecule has 1 aromatic carbocycles. The summed E-state index contributed by atoms with van der Waals surface area (Å²) >= 11 is 1.52. The molecule has 6 nitrogen and oxygen atoms in total. The van der Waals surface area contributed by atoms with Crippen molar-refractivity contribution in [3.8, 4) is 5.75 Å². The summed E-state index contributed by atoms with van der Waals surface area (Å²) in [6.45, 7) is 2.29. The van der Waals surface area contributed by atoms with Crippen LogP contribution in [0.3, 0.4) is 0 Å². The minimum atomic E-state index is -0.191. The second-order valence-corrected chi connectivity index (χ2v) is 6.26. The van der Waals surface area contributed by atoms with E-state index in [9.17, 15) is 9.59 Å². The highest BCUT2D eigenvalue weighted by molar-refractivity contribution is 7.09. The van der Waals surface area contributed by atoms with Crippen molar-refractivity contribution in [2.75, 3.05) is 11.9 Å². The summed E-state index contributed by atoms with van der Waals surface area (Å²) in [7, 11) is 0. The quantitative estimate of drug-likeness (QED) is 0.878. The van der Waals surface area contributed by atoms with Gasteiger partial charge in [0, 0.05) is 23.2 Å². The lowest BCUT2D eigenvalue weighted by atomic mass is 10.0. The van der Waals surface area contributed by atoms with Crippen molar-refractivity contribution in [1.29, 1.82) is 0 Å². The second kappa shape index (κ2) is 6.78. The lowest BCUT2D eigenvalue weighted by Gasteiger charge is -2.17. The van der Waals surface area contributed by atoms with Crippen LogP contribution in [-0.2, 0) is 22.6 Å². The van der Waals surface area contributed by atoms with E-state index in [1.54, 1.807) is 12.1 Å². The van der Waals surface area contributed by atoms with Gasteiger partial charge in [-0.05, 0) is 37.1 Å². The van der Waals surface area contributed by atoms with Crippen molar-refractivity contribution < 1.29 is 14.3 Å². The van der Waals surface area contributed by atoms with Crippen molar-refractivity contribution in [3.63, 3.8) is 0 Å². The molecule has 0 bridgehead atoms. The number of aromatic nitrogens is 1. The summed E-state index contributed by atoms with van der Waals surface area (Å²) in [6, 6.07) is 5.42. The number of hydrogen-bond acceptors (Lipinski definition) is 5. The van der Waals surface area contributed by atoms with Gasteiger partial charge in [-0.2, -0.15) is 0 Å². The third-order valence-electron chi connectivity index (χ3n) is 3.45. The lowest BCUT2D eigenvalue weighted by Crippen LogP contribution is -2.28. The number of rotatable bonds is 5. The fourth-order valence-electron chi connectivity index (χ4n) is 2.31. The third kappa shape index (κ3) is 4.07. The fourth-order valence-corrected chi connectivity index (χ4v) is 3.02. The molecule has 1 aromatic heterocycles. The van der Waals surface area contributed by atoms with Gasteiger partial charge in [0.15, 0.2) is 6.61 Å². The van der Waals surface area contributed by atoms with Crippen molar-refractivity contribution in [1.82, 2.24) is 10.3 Å². The first-order valence-electron chi connectivity index (χ1n) is 7.33. The van der Waals surface area contributed by atoms with Gasteiger partial charge in [-0.3, -0.25) is 9.59 Å². The van der Waals surface area contributed by atoms with E-state index < -0.39 is 0 Å². The van der Waals surface area contributed by atoms with Crippen molar-refractivity contribution in [2.45, 2.75) is 26.3 Å². The molecular weight excluding hydrogens is 314 g/mol. The lowest BCUT2D eigenvalue weighted by molar-refractivity contribution is -0.123. The van der Waals surface area contributed by atoms with Crippen LogP contribution in [0.4, 0.5) is 5.69 Å². The van der Waals surface area contributed by atoms with Crippen LogP contribution in [0.2, 0.25) is 0 Å². The molecule has 0 saturated heterocycles. The van der Waals surface area contributed by atoms with E-state index in [-0.39, 0.29) is 18.4 Å². The number of carbonyl (C=O) groups is 2. The molecule has 2 heterocycles. The van der Waals surface area contributed by atoms with Crippen LogP contribution in [-0.4, -0.2) is 23.4 Å². The molecule has 0 unspecified atom stereocenters. The summed E-state index contributed by atoms with van der Waals surface area (Å²) in [5.41, 5.74) is 2.80. The number of thiazole rings is 1. The third-order valence-corrected chi connectivity index (χ3v) is 4.41. The molecule has 0 aliphatic carbocycles. The predicted molar refractivity (Wildman–Crippen MR) is 87.6 cm³/mol. The zero-order valence-corrected chi connectivity index (χ0v) is 13.5. The van der Waals surface area contributed by atoms with Crippen LogP contribution in [0, 0.1) is 6.92 Å². The molecule has 7 heteroatoms. The Balaban J connectivity index is 1.50.